The largest absolute Gasteiger partial charge is 0.481 e. The van der Waals surface area contributed by atoms with Gasteiger partial charge in [0.15, 0.2) is 0 Å². The van der Waals surface area contributed by atoms with Crippen LogP contribution in [0.3, 0.4) is 0 Å². The molecule has 0 radical (unpaired) electrons. The van der Waals surface area contributed by atoms with E-state index in [0.717, 1.165) is 19.6 Å². The lowest BCUT2D eigenvalue weighted by Gasteiger charge is -2.37. The van der Waals surface area contributed by atoms with Crippen LogP contribution in [0, 0.1) is 18.8 Å². The van der Waals surface area contributed by atoms with Gasteiger partial charge < -0.3 is 10.0 Å². The van der Waals surface area contributed by atoms with Crippen molar-refractivity contribution in [2.24, 2.45) is 11.8 Å². The number of aryl methyl sites for hydroxylation is 1. The van der Waals surface area contributed by atoms with Crippen molar-refractivity contribution in [2.75, 3.05) is 26.2 Å². The predicted molar refractivity (Wildman–Crippen MR) is 96.0 cm³/mol. The minimum atomic E-state index is -0.860. The van der Waals surface area contributed by atoms with Crippen molar-refractivity contribution in [3.05, 3.63) is 47.5 Å². The number of carboxylic acids is 1. The van der Waals surface area contributed by atoms with Crippen LogP contribution in [0.5, 0.6) is 0 Å². The summed E-state index contributed by atoms with van der Waals surface area (Å²) >= 11 is 0. The zero-order valence-electron chi connectivity index (χ0n) is 14.7. The van der Waals surface area contributed by atoms with Gasteiger partial charge >= 0.3 is 5.97 Å². The molecule has 1 aromatic rings. The van der Waals surface area contributed by atoms with Gasteiger partial charge in [-0.3, -0.25) is 14.5 Å². The number of nitrogens with zero attached hydrogens (tertiary/aromatic N) is 2. The number of carboxylic acid groups (broad SMARTS) is 1. The minimum Gasteiger partial charge on any atom is -0.481 e. The topological polar surface area (TPSA) is 60.9 Å². The molecule has 1 aromatic carbocycles. The number of hydrogen-bond donors (Lipinski definition) is 1. The number of hydrogen-bond acceptors (Lipinski definition) is 3. The van der Waals surface area contributed by atoms with Crippen LogP contribution in [0.25, 0.3) is 0 Å². The van der Waals surface area contributed by atoms with Crippen molar-refractivity contribution in [3.63, 3.8) is 0 Å². The van der Waals surface area contributed by atoms with Crippen LogP contribution in [0.1, 0.15) is 24.0 Å². The third-order valence-corrected chi connectivity index (χ3v) is 5.28. The molecule has 3 rings (SSSR count). The van der Waals surface area contributed by atoms with E-state index in [1.54, 1.807) is 0 Å². The summed E-state index contributed by atoms with van der Waals surface area (Å²) in [6.07, 6.45) is 4.82. The highest BCUT2D eigenvalue weighted by atomic mass is 16.4. The number of piperazine rings is 1. The smallest absolute Gasteiger partial charge is 0.307 e. The van der Waals surface area contributed by atoms with E-state index in [1.165, 1.54) is 11.1 Å². The molecular weight excluding hydrogens is 316 g/mol. The van der Waals surface area contributed by atoms with E-state index in [2.05, 4.69) is 36.1 Å². The number of rotatable bonds is 4. The zero-order chi connectivity index (χ0) is 17.8. The fourth-order valence-corrected chi connectivity index (χ4v) is 3.67. The SMILES string of the molecule is Cc1ccc(CN2CCN(C(=O)C3CC=CCC3C(=O)O)CC2)cc1. The maximum absolute atomic E-state index is 12.8. The van der Waals surface area contributed by atoms with Crippen LogP contribution < -0.4 is 0 Å². The Bertz CT molecular complexity index is 645. The molecule has 1 fully saturated rings. The lowest BCUT2D eigenvalue weighted by atomic mass is 9.82. The van der Waals surface area contributed by atoms with Gasteiger partial charge in [0.1, 0.15) is 0 Å². The van der Waals surface area contributed by atoms with Gasteiger partial charge in [0, 0.05) is 32.7 Å². The minimum absolute atomic E-state index is 0.00624. The normalized spacial score (nSPS) is 24.3. The molecule has 5 nitrogen and oxygen atoms in total. The molecule has 1 aliphatic carbocycles. The molecule has 2 aliphatic rings. The summed E-state index contributed by atoms with van der Waals surface area (Å²) in [5.74, 6) is -1.85. The van der Waals surface area contributed by atoms with Gasteiger partial charge in [-0.1, -0.05) is 42.0 Å². The van der Waals surface area contributed by atoms with Crippen molar-refractivity contribution in [1.82, 2.24) is 9.80 Å². The molecule has 1 saturated heterocycles. The third kappa shape index (κ3) is 4.28. The zero-order valence-corrected chi connectivity index (χ0v) is 14.7. The number of allylic oxidation sites excluding steroid dienone is 2. The molecule has 2 unspecified atom stereocenters. The van der Waals surface area contributed by atoms with Crippen LogP contribution in [-0.4, -0.2) is 53.0 Å². The van der Waals surface area contributed by atoms with E-state index in [-0.39, 0.29) is 5.91 Å². The summed E-state index contributed by atoms with van der Waals surface area (Å²) in [6.45, 7) is 6.00. The van der Waals surface area contributed by atoms with Crippen LogP contribution in [0.15, 0.2) is 36.4 Å². The Balaban J connectivity index is 1.54. The molecular formula is C20H26N2O3. The van der Waals surface area contributed by atoms with Crippen molar-refractivity contribution < 1.29 is 14.7 Å². The first-order chi connectivity index (χ1) is 12.0. The monoisotopic (exact) mass is 342 g/mol. The summed E-state index contributed by atoms with van der Waals surface area (Å²) < 4.78 is 0. The van der Waals surface area contributed by atoms with Gasteiger partial charge in [-0.2, -0.15) is 0 Å². The van der Waals surface area contributed by atoms with E-state index in [9.17, 15) is 14.7 Å². The van der Waals surface area contributed by atoms with Gasteiger partial charge in [-0.15, -0.1) is 0 Å². The Hall–Kier alpha value is -2.14. The fraction of sp³-hybridized carbons (Fsp3) is 0.500. The predicted octanol–water partition coefficient (Wildman–Crippen LogP) is 2.31. The molecule has 0 saturated carbocycles. The third-order valence-electron chi connectivity index (χ3n) is 5.28. The molecule has 1 N–H and O–H groups in total. The summed E-state index contributed by atoms with van der Waals surface area (Å²) in [4.78, 5) is 28.4. The standard InChI is InChI=1S/C20H26N2O3/c1-15-6-8-16(9-7-15)14-21-10-12-22(13-11-21)19(23)17-4-2-3-5-18(17)20(24)25/h2-3,6-9,17-18H,4-5,10-14H2,1H3,(H,24,25). The Labute approximate surface area is 148 Å². The molecule has 0 bridgehead atoms. The maximum atomic E-state index is 12.8. The number of amides is 1. The Morgan fingerprint density at radius 3 is 2.20 bits per heavy atom. The van der Waals surface area contributed by atoms with Crippen molar-refractivity contribution in [2.45, 2.75) is 26.3 Å². The molecule has 25 heavy (non-hydrogen) atoms. The van der Waals surface area contributed by atoms with E-state index < -0.39 is 17.8 Å². The number of benzene rings is 1. The molecule has 134 valence electrons. The first-order valence-electron chi connectivity index (χ1n) is 8.99. The van der Waals surface area contributed by atoms with E-state index in [0.29, 0.717) is 25.9 Å². The number of carbonyl (C=O) groups excluding carboxylic acids is 1. The second-order valence-electron chi connectivity index (χ2n) is 7.08. The fourth-order valence-electron chi connectivity index (χ4n) is 3.67. The lowest BCUT2D eigenvalue weighted by Crippen LogP contribution is -2.51. The summed E-state index contributed by atoms with van der Waals surface area (Å²) in [6, 6.07) is 8.55. The maximum Gasteiger partial charge on any atom is 0.307 e. The highest BCUT2D eigenvalue weighted by Gasteiger charge is 2.37. The average molecular weight is 342 g/mol. The second kappa shape index (κ2) is 7.83. The number of aliphatic carboxylic acids is 1. The molecule has 0 aromatic heterocycles. The first kappa shape index (κ1) is 17.7. The van der Waals surface area contributed by atoms with Crippen LogP contribution >= 0.6 is 0 Å². The molecule has 5 heteroatoms. The summed E-state index contributed by atoms with van der Waals surface area (Å²) in [5, 5.41) is 9.37. The van der Waals surface area contributed by atoms with E-state index >= 15 is 0 Å². The highest BCUT2D eigenvalue weighted by molar-refractivity contribution is 5.85. The lowest BCUT2D eigenvalue weighted by molar-refractivity contribution is -0.151. The molecule has 1 amide bonds. The molecule has 1 heterocycles. The molecule has 2 atom stereocenters. The van der Waals surface area contributed by atoms with Gasteiger partial charge in [-0.25, -0.2) is 0 Å². The van der Waals surface area contributed by atoms with Crippen molar-refractivity contribution >= 4 is 11.9 Å². The first-order valence-corrected chi connectivity index (χ1v) is 8.99. The van der Waals surface area contributed by atoms with Gasteiger partial charge in [-0.05, 0) is 25.3 Å². The average Bonchev–Trinajstić information content (AvgIpc) is 2.63. The number of carbonyl (C=O) groups is 2. The summed E-state index contributed by atoms with van der Waals surface area (Å²) in [5.41, 5.74) is 2.54. The highest BCUT2D eigenvalue weighted by Crippen LogP contribution is 2.28. The quantitative estimate of drug-likeness (QED) is 0.853. The van der Waals surface area contributed by atoms with Crippen LogP contribution in [-0.2, 0) is 16.1 Å². The molecule has 0 spiro atoms. The van der Waals surface area contributed by atoms with Gasteiger partial charge in [0.2, 0.25) is 5.91 Å². The Morgan fingerprint density at radius 1 is 1.00 bits per heavy atom. The van der Waals surface area contributed by atoms with Crippen LogP contribution in [0.4, 0.5) is 0 Å². The van der Waals surface area contributed by atoms with E-state index in [1.807, 2.05) is 17.1 Å². The van der Waals surface area contributed by atoms with Crippen molar-refractivity contribution in [1.29, 1.82) is 0 Å². The van der Waals surface area contributed by atoms with Gasteiger partial charge in [0.05, 0.1) is 11.8 Å². The summed E-state index contributed by atoms with van der Waals surface area (Å²) in [7, 11) is 0. The Morgan fingerprint density at radius 2 is 1.60 bits per heavy atom. The second-order valence-corrected chi connectivity index (χ2v) is 7.08. The van der Waals surface area contributed by atoms with Gasteiger partial charge in [0.25, 0.3) is 0 Å². The molecule has 1 aliphatic heterocycles. The van der Waals surface area contributed by atoms with Crippen molar-refractivity contribution in [3.8, 4) is 0 Å². The van der Waals surface area contributed by atoms with E-state index in [4.69, 9.17) is 0 Å². The van der Waals surface area contributed by atoms with Crippen LogP contribution in [0.2, 0.25) is 0 Å². The Kier molecular flexibility index (Phi) is 5.53.